The molecular formula is C32H47N7O5. The summed E-state index contributed by atoms with van der Waals surface area (Å²) in [6, 6.07) is 1.95. The Labute approximate surface area is 259 Å². The van der Waals surface area contributed by atoms with E-state index < -0.39 is 23.3 Å². The zero-order valence-electron chi connectivity index (χ0n) is 26.8. The van der Waals surface area contributed by atoms with E-state index in [2.05, 4.69) is 22.1 Å². The molecule has 1 saturated carbocycles. The van der Waals surface area contributed by atoms with Crippen molar-refractivity contribution in [1.82, 2.24) is 29.6 Å². The van der Waals surface area contributed by atoms with Crippen molar-refractivity contribution < 1.29 is 24.1 Å². The Morgan fingerprint density at radius 1 is 1.05 bits per heavy atom. The molecule has 12 nitrogen and oxygen atoms in total. The second-order valence-electron chi connectivity index (χ2n) is 14.0. The van der Waals surface area contributed by atoms with E-state index in [0.717, 1.165) is 62.8 Å². The lowest BCUT2D eigenvalue weighted by molar-refractivity contribution is -0.160. The van der Waals surface area contributed by atoms with E-state index in [4.69, 9.17) is 24.3 Å². The molecular weight excluding hydrogens is 562 g/mol. The van der Waals surface area contributed by atoms with Gasteiger partial charge in [-0.3, -0.25) is 0 Å². The van der Waals surface area contributed by atoms with Crippen LogP contribution < -0.4 is 4.90 Å². The van der Waals surface area contributed by atoms with Crippen LogP contribution in [0, 0.1) is 6.92 Å². The van der Waals surface area contributed by atoms with E-state index >= 15 is 0 Å². The Hall–Kier alpha value is -3.09. The third kappa shape index (κ3) is 6.34. The molecule has 0 amide bonds. The van der Waals surface area contributed by atoms with Crippen molar-refractivity contribution in [2.45, 2.75) is 122 Å². The van der Waals surface area contributed by atoms with Gasteiger partial charge in [0.05, 0.1) is 35.2 Å². The lowest BCUT2D eigenvalue weighted by atomic mass is 9.82. The van der Waals surface area contributed by atoms with E-state index in [9.17, 15) is 9.90 Å². The number of carbonyl (C=O) groups is 1. The Bertz CT molecular complexity index is 1480. The summed E-state index contributed by atoms with van der Waals surface area (Å²) in [5, 5.41) is 24.5. The fourth-order valence-electron chi connectivity index (χ4n) is 6.91. The first kappa shape index (κ1) is 30.9. The van der Waals surface area contributed by atoms with Gasteiger partial charge in [-0.2, -0.15) is 9.61 Å². The van der Waals surface area contributed by atoms with E-state index in [1.54, 1.807) is 4.52 Å². The Balaban J connectivity index is 1.44. The molecule has 4 aliphatic rings. The molecule has 6 bridgehead atoms. The Kier molecular flexibility index (Phi) is 8.44. The van der Waals surface area contributed by atoms with Gasteiger partial charge in [0.25, 0.3) is 0 Å². The molecule has 12 heteroatoms. The number of nitrogens with zero attached hydrogens (tertiary/aromatic N) is 7. The highest BCUT2D eigenvalue weighted by Gasteiger charge is 2.39. The van der Waals surface area contributed by atoms with Gasteiger partial charge < -0.3 is 24.2 Å². The van der Waals surface area contributed by atoms with Crippen molar-refractivity contribution in [3.8, 4) is 0 Å². The lowest BCUT2D eigenvalue weighted by Gasteiger charge is -2.41. The number of hydrogen-bond acceptors (Lipinski definition) is 9. The van der Waals surface area contributed by atoms with Crippen LogP contribution in [0.25, 0.3) is 5.65 Å². The summed E-state index contributed by atoms with van der Waals surface area (Å²) in [6.45, 7) is 12.8. The number of rotatable bonds is 3. The second kappa shape index (κ2) is 12.0. The highest BCUT2D eigenvalue weighted by atomic mass is 16.5. The number of ether oxygens (including phenoxy) is 3. The number of carboxylic acid groups (broad SMARTS) is 1. The molecule has 3 aromatic heterocycles. The number of carboxylic acids is 1. The van der Waals surface area contributed by atoms with Gasteiger partial charge in [-0.1, -0.05) is 24.5 Å². The number of aliphatic carboxylic acids is 1. The molecule has 1 unspecified atom stereocenters. The quantitative estimate of drug-likeness (QED) is 0.435. The normalized spacial score (nSPS) is 21.7. The molecule has 7 rings (SSSR count). The van der Waals surface area contributed by atoms with Gasteiger partial charge in [0.2, 0.25) is 0 Å². The predicted octanol–water partition coefficient (Wildman–Crippen LogP) is 4.96. The van der Waals surface area contributed by atoms with Crippen LogP contribution in [-0.4, -0.2) is 78.2 Å². The zero-order valence-corrected chi connectivity index (χ0v) is 26.8. The van der Waals surface area contributed by atoms with Crippen molar-refractivity contribution in [3.05, 3.63) is 34.9 Å². The standard InChI is InChI=1S/C32H47N7O5/c1-22-26(27(29(40)41)44-30(2,3)4)28-37-15-13-31(5,14-16-37)42-17-9-10-18-43-32(11-7-6-8-12-32)24-21-38(36-34-24)20-23-19-25(33-22)39(28)35-23/h19,21,27H,6-18,20H2,1-5H3,(H,40,41). The van der Waals surface area contributed by atoms with Crippen molar-refractivity contribution >= 4 is 17.4 Å². The summed E-state index contributed by atoms with van der Waals surface area (Å²) in [5.41, 5.74) is 2.10. The third-order valence-corrected chi connectivity index (χ3v) is 9.29. The SMILES string of the molecule is Cc1nc2cc3nn2c(c1C(OC(C)(C)C)C(=O)O)N1CCC(C)(CC1)OCCCCOC1(CCCCC1)c1cn(nn1)C3. The van der Waals surface area contributed by atoms with E-state index in [0.29, 0.717) is 55.6 Å². The smallest absolute Gasteiger partial charge is 0.337 e. The number of aromatic nitrogens is 6. The average Bonchev–Trinajstić information content (AvgIpc) is 3.60. The van der Waals surface area contributed by atoms with Crippen molar-refractivity contribution in [2.24, 2.45) is 0 Å². The van der Waals surface area contributed by atoms with Crippen LogP contribution in [0.1, 0.15) is 114 Å². The maximum absolute atomic E-state index is 12.7. The average molecular weight is 610 g/mol. The van der Waals surface area contributed by atoms with Crippen LogP contribution in [-0.2, 0) is 31.2 Å². The Morgan fingerprint density at radius 3 is 2.43 bits per heavy atom. The maximum atomic E-state index is 12.7. The molecule has 6 heterocycles. The highest BCUT2D eigenvalue weighted by molar-refractivity contribution is 5.78. The molecule has 1 atom stereocenters. The zero-order chi connectivity index (χ0) is 31.1. The van der Waals surface area contributed by atoms with Gasteiger partial charge in [-0.25, -0.2) is 14.5 Å². The molecule has 3 aromatic rings. The molecule has 2 fully saturated rings. The number of piperidine rings is 1. The molecule has 1 aliphatic carbocycles. The fourth-order valence-corrected chi connectivity index (χ4v) is 6.91. The van der Waals surface area contributed by atoms with Crippen molar-refractivity contribution in [2.75, 3.05) is 31.2 Å². The summed E-state index contributed by atoms with van der Waals surface area (Å²) >= 11 is 0. The topological polar surface area (TPSA) is 129 Å². The van der Waals surface area contributed by atoms with Crippen molar-refractivity contribution in [1.29, 1.82) is 0 Å². The van der Waals surface area contributed by atoms with Crippen LogP contribution >= 0.6 is 0 Å². The summed E-state index contributed by atoms with van der Waals surface area (Å²) in [4.78, 5) is 19.8. The maximum Gasteiger partial charge on any atom is 0.337 e. The van der Waals surface area contributed by atoms with Gasteiger partial charge in [0.1, 0.15) is 17.1 Å². The first-order chi connectivity index (χ1) is 21.0. The lowest BCUT2D eigenvalue weighted by Crippen LogP contribution is -2.46. The molecule has 1 N–H and O–H groups in total. The molecule has 240 valence electrons. The van der Waals surface area contributed by atoms with Gasteiger partial charge in [0, 0.05) is 38.1 Å². The van der Waals surface area contributed by atoms with E-state index in [1.807, 2.05) is 44.6 Å². The minimum atomic E-state index is -1.20. The molecule has 0 aromatic carbocycles. The van der Waals surface area contributed by atoms with Crippen LogP contribution in [0.15, 0.2) is 12.3 Å². The van der Waals surface area contributed by atoms with Crippen molar-refractivity contribution in [3.63, 3.8) is 0 Å². The number of hydrogen-bond donors (Lipinski definition) is 1. The molecule has 1 spiro atoms. The van der Waals surface area contributed by atoms with Crippen LogP contribution in [0.5, 0.6) is 0 Å². The third-order valence-electron chi connectivity index (χ3n) is 9.29. The van der Waals surface area contributed by atoms with E-state index in [1.165, 1.54) is 6.42 Å². The van der Waals surface area contributed by atoms with Crippen LogP contribution in [0.3, 0.4) is 0 Å². The number of anilines is 1. The first-order valence-corrected chi connectivity index (χ1v) is 16.2. The van der Waals surface area contributed by atoms with E-state index in [-0.39, 0.29) is 5.60 Å². The van der Waals surface area contributed by atoms with Gasteiger partial charge in [-0.05, 0) is 73.1 Å². The summed E-state index contributed by atoms with van der Waals surface area (Å²) in [5.74, 6) is -0.341. The summed E-state index contributed by atoms with van der Waals surface area (Å²) in [7, 11) is 0. The largest absolute Gasteiger partial charge is 0.479 e. The molecule has 3 aliphatic heterocycles. The van der Waals surface area contributed by atoms with Gasteiger partial charge in [-0.15, -0.1) is 5.10 Å². The van der Waals surface area contributed by atoms with Crippen LogP contribution in [0.2, 0.25) is 0 Å². The number of aryl methyl sites for hydroxylation is 1. The second-order valence-corrected chi connectivity index (χ2v) is 14.0. The minimum absolute atomic E-state index is 0.257. The fraction of sp³-hybridized carbons (Fsp3) is 0.719. The summed E-state index contributed by atoms with van der Waals surface area (Å²) < 4.78 is 22.9. The number of fused-ring (bicyclic) bond motifs is 7. The van der Waals surface area contributed by atoms with Gasteiger partial charge >= 0.3 is 5.97 Å². The van der Waals surface area contributed by atoms with Gasteiger partial charge in [0.15, 0.2) is 11.8 Å². The molecule has 0 radical (unpaired) electrons. The monoisotopic (exact) mass is 609 g/mol. The highest BCUT2D eigenvalue weighted by Crippen LogP contribution is 2.41. The Morgan fingerprint density at radius 2 is 1.75 bits per heavy atom. The summed E-state index contributed by atoms with van der Waals surface area (Å²) in [6.07, 6.45) is 9.60. The van der Waals surface area contributed by atoms with Crippen LogP contribution in [0.4, 0.5) is 5.82 Å². The predicted molar refractivity (Wildman–Crippen MR) is 164 cm³/mol. The molecule has 1 saturated heterocycles. The first-order valence-electron chi connectivity index (χ1n) is 16.2. The molecule has 44 heavy (non-hydrogen) atoms. The minimum Gasteiger partial charge on any atom is -0.479 e.